The van der Waals surface area contributed by atoms with Crippen molar-refractivity contribution in [3.8, 4) is 0 Å². The molecule has 0 amide bonds. The van der Waals surface area contributed by atoms with Gasteiger partial charge in [0.05, 0.1) is 12.2 Å². The summed E-state index contributed by atoms with van der Waals surface area (Å²) in [6.07, 6.45) is 13.3. The first-order chi connectivity index (χ1) is 15.3. The fraction of sp³-hybridized carbons (Fsp3) is 0.917. The van der Waals surface area contributed by atoms with E-state index in [1.807, 2.05) is 0 Å². The van der Waals surface area contributed by atoms with Gasteiger partial charge in [0, 0.05) is 27.2 Å². The lowest BCUT2D eigenvalue weighted by Gasteiger charge is -2.28. The second kappa shape index (κ2) is 11.9. The molecule has 0 aromatic rings. The summed E-state index contributed by atoms with van der Waals surface area (Å²) in [6, 6.07) is 0. The van der Waals surface area contributed by atoms with Crippen LogP contribution in [0.5, 0.6) is 0 Å². The summed E-state index contributed by atoms with van der Waals surface area (Å²) in [5, 5.41) is 11.0. The van der Waals surface area contributed by atoms with Gasteiger partial charge in [-0.15, -0.1) is 0 Å². The Kier molecular flexibility index (Phi) is 9.81. The van der Waals surface area contributed by atoms with Crippen molar-refractivity contribution in [2.75, 3.05) is 27.0 Å². The van der Waals surface area contributed by atoms with Gasteiger partial charge in [-0.05, 0) is 49.9 Å². The van der Waals surface area contributed by atoms with Crippen LogP contribution in [-0.4, -0.2) is 56.4 Å². The third-order valence-electron chi connectivity index (χ3n) is 7.26. The summed E-state index contributed by atoms with van der Waals surface area (Å²) in [5.41, 5.74) is 0. The standard InChI is InChI=1S/C24H43O7P/c1-5-6-7-10-19(30-23-11-8-9-14-29-23)12-13-20-18(2)15-22-21(20)16-24(25,31-22)17-32(26,27-3)28-4/h12-13,18-23,25H,5-11,14-17H2,1-4H3/b13-12+/t18-,19+,20+,21-,22+,23?,24?/m1/s1. The van der Waals surface area contributed by atoms with Gasteiger partial charge in [-0.1, -0.05) is 45.3 Å². The normalized spacial score (nSPS) is 36.6. The van der Waals surface area contributed by atoms with E-state index in [9.17, 15) is 9.67 Å². The van der Waals surface area contributed by atoms with Crippen molar-refractivity contribution < 1.29 is 32.9 Å². The van der Waals surface area contributed by atoms with Gasteiger partial charge >= 0.3 is 7.60 Å². The van der Waals surface area contributed by atoms with E-state index in [1.165, 1.54) is 27.1 Å². The Labute approximate surface area is 193 Å². The van der Waals surface area contributed by atoms with Gasteiger partial charge in [0.25, 0.3) is 0 Å². The zero-order valence-electron chi connectivity index (χ0n) is 20.2. The molecular formula is C24H43O7P. The van der Waals surface area contributed by atoms with Crippen molar-refractivity contribution >= 4 is 7.60 Å². The maximum absolute atomic E-state index is 12.6. The van der Waals surface area contributed by atoms with E-state index in [0.717, 1.165) is 45.1 Å². The van der Waals surface area contributed by atoms with Crippen LogP contribution in [0.4, 0.5) is 0 Å². The Morgan fingerprint density at radius 1 is 1.25 bits per heavy atom. The highest BCUT2D eigenvalue weighted by molar-refractivity contribution is 7.53. The predicted octanol–water partition coefficient (Wildman–Crippen LogP) is 5.27. The van der Waals surface area contributed by atoms with Crippen LogP contribution in [0.1, 0.15) is 71.6 Å². The number of fused-ring (bicyclic) bond motifs is 1. The average Bonchev–Trinajstić information content (AvgIpc) is 3.23. The minimum absolute atomic E-state index is 0.0410. The molecule has 2 heterocycles. The zero-order valence-corrected chi connectivity index (χ0v) is 21.1. The minimum atomic E-state index is -3.36. The molecule has 1 N–H and O–H groups in total. The summed E-state index contributed by atoms with van der Waals surface area (Å²) in [5.74, 6) is -0.570. The molecule has 2 aliphatic heterocycles. The average molecular weight is 475 g/mol. The molecule has 1 saturated carbocycles. The number of allylic oxidation sites excluding steroid dienone is 1. The molecule has 3 fully saturated rings. The number of ether oxygens (including phenoxy) is 3. The van der Waals surface area contributed by atoms with Crippen molar-refractivity contribution in [2.45, 2.75) is 95.9 Å². The zero-order chi connectivity index (χ0) is 23.2. The molecule has 2 saturated heterocycles. The molecular weight excluding hydrogens is 431 g/mol. The maximum Gasteiger partial charge on any atom is 0.335 e. The molecule has 3 aliphatic rings. The molecule has 186 valence electrons. The van der Waals surface area contributed by atoms with Gasteiger partial charge in [-0.3, -0.25) is 4.57 Å². The Hall–Kier alpha value is -0.270. The molecule has 2 unspecified atom stereocenters. The van der Waals surface area contributed by atoms with E-state index >= 15 is 0 Å². The van der Waals surface area contributed by atoms with Crippen LogP contribution < -0.4 is 0 Å². The van der Waals surface area contributed by atoms with Gasteiger partial charge in [0.1, 0.15) is 6.16 Å². The Morgan fingerprint density at radius 2 is 2.03 bits per heavy atom. The molecule has 0 radical (unpaired) electrons. The molecule has 7 nitrogen and oxygen atoms in total. The predicted molar refractivity (Wildman–Crippen MR) is 123 cm³/mol. The van der Waals surface area contributed by atoms with Gasteiger partial charge in [-0.2, -0.15) is 0 Å². The third-order valence-corrected chi connectivity index (χ3v) is 9.25. The second-order valence-corrected chi connectivity index (χ2v) is 12.0. The molecule has 8 heteroatoms. The highest BCUT2D eigenvalue weighted by atomic mass is 31.2. The highest BCUT2D eigenvalue weighted by Crippen LogP contribution is 2.56. The van der Waals surface area contributed by atoms with Gasteiger partial charge in [-0.25, -0.2) is 0 Å². The first-order valence-corrected chi connectivity index (χ1v) is 14.1. The van der Waals surface area contributed by atoms with E-state index in [1.54, 1.807) is 0 Å². The summed E-state index contributed by atoms with van der Waals surface area (Å²) in [4.78, 5) is 0. The second-order valence-electron chi connectivity index (χ2n) is 9.75. The van der Waals surface area contributed by atoms with Crippen LogP contribution in [0.25, 0.3) is 0 Å². The monoisotopic (exact) mass is 474 g/mol. The van der Waals surface area contributed by atoms with Crippen LogP contribution in [0.2, 0.25) is 0 Å². The van der Waals surface area contributed by atoms with Crippen molar-refractivity contribution in [3.63, 3.8) is 0 Å². The van der Waals surface area contributed by atoms with E-state index in [-0.39, 0.29) is 36.5 Å². The van der Waals surface area contributed by atoms with Crippen LogP contribution in [-0.2, 0) is 27.8 Å². The number of hydrogen-bond acceptors (Lipinski definition) is 7. The number of aliphatic hydroxyl groups is 1. The summed E-state index contributed by atoms with van der Waals surface area (Å²) in [7, 11) is -0.687. The molecule has 3 rings (SSSR count). The Balaban J connectivity index is 1.64. The molecule has 0 spiro atoms. The first kappa shape index (κ1) is 26.3. The van der Waals surface area contributed by atoms with Gasteiger partial charge in [0.2, 0.25) is 0 Å². The van der Waals surface area contributed by atoms with Gasteiger partial charge < -0.3 is 28.4 Å². The van der Waals surface area contributed by atoms with E-state index in [2.05, 4.69) is 26.0 Å². The van der Waals surface area contributed by atoms with Crippen LogP contribution in [0.3, 0.4) is 0 Å². The Morgan fingerprint density at radius 3 is 2.69 bits per heavy atom. The third kappa shape index (κ3) is 6.88. The molecule has 32 heavy (non-hydrogen) atoms. The van der Waals surface area contributed by atoms with Crippen molar-refractivity contribution in [3.05, 3.63) is 12.2 Å². The summed E-state index contributed by atoms with van der Waals surface area (Å²) >= 11 is 0. The molecule has 0 aromatic heterocycles. The van der Waals surface area contributed by atoms with Crippen molar-refractivity contribution in [1.82, 2.24) is 0 Å². The first-order valence-electron chi connectivity index (χ1n) is 12.4. The number of hydrogen-bond donors (Lipinski definition) is 1. The van der Waals surface area contributed by atoms with Crippen LogP contribution >= 0.6 is 7.60 Å². The minimum Gasteiger partial charge on any atom is -0.365 e. The van der Waals surface area contributed by atoms with Crippen LogP contribution in [0.15, 0.2) is 12.2 Å². The molecule has 1 aliphatic carbocycles. The SMILES string of the molecule is CCCCC[C@@H](/C=C/[C@@H]1[C@H]2CC(O)(CP(=O)(OC)OC)O[C@H]2C[C@H]1C)OC1CCCCO1. The topological polar surface area (TPSA) is 83.5 Å². The van der Waals surface area contributed by atoms with E-state index < -0.39 is 13.4 Å². The maximum atomic E-state index is 12.6. The fourth-order valence-electron chi connectivity index (χ4n) is 5.48. The molecule has 7 atom stereocenters. The number of rotatable bonds is 12. The largest absolute Gasteiger partial charge is 0.365 e. The summed E-state index contributed by atoms with van der Waals surface area (Å²) < 4.78 is 40.8. The van der Waals surface area contributed by atoms with Crippen molar-refractivity contribution in [1.29, 1.82) is 0 Å². The molecule has 0 bridgehead atoms. The van der Waals surface area contributed by atoms with Crippen molar-refractivity contribution in [2.24, 2.45) is 17.8 Å². The quantitative estimate of drug-likeness (QED) is 0.234. The van der Waals surface area contributed by atoms with Gasteiger partial charge in [0.15, 0.2) is 12.1 Å². The lowest BCUT2D eigenvalue weighted by Crippen LogP contribution is -2.34. The van der Waals surface area contributed by atoms with E-state index in [0.29, 0.717) is 12.3 Å². The fourth-order valence-corrected chi connectivity index (χ4v) is 6.70. The number of unbranched alkanes of at least 4 members (excludes halogenated alkanes) is 2. The summed E-state index contributed by atoms with van der Waals surface area (Å²) in [6.45, 7) is 5.23. The van der Waals surface area contributed by atoms with Crippen LogP contribution in [0, 0.1) is 17.8 Å². The lowest BCUT2D eigenvalue weighted by atomic mass is 9.86. The highest BCUT2D eigenvalue weighted by Gasteiger charge is 2.55. The Bertz CT molecular complexity index is 642. The lowest BCUT2D eigenvalue weighted by molar-refractivity contribution is -0.179. The smallest absolute Gasteiger partial charge is 0.335 e. The van der Waals surface area contributed by atoms with E-state index in [4.69, 9.17) is 23.3 Å². The molecule has 0 aromatic carbocycles.